The Bertz CT molecular complexity index is 1320. The van der Waals surface area contributed by atoms with Gasteiger partial charge in [-0.2, -0.15) is 0 Å². The maximum atomic E-state index is 5.18. The van der Waals surface area contributed by atoms with E-state index >= 15 is 0 Å². The number of fused-ring (bicyclic) bond motifs is 6. The lowest BCUT2D eigenvalue weighted by molar-refractivity contribution is 0.749. The molecule has 0 aliphatic carbocycles. The third kappa shape index (κ3) is 4.31. The van der Waals surface area contributed by atoms with Gasteiger partial charge in [0.15, 0.2) is 17.5 Å². The number of pyridine rings is 2. The molecule has 1 aromatic carbocycles. The van der Waals surface area contributed by atoms with E-state index in [2.05, 4.69) is 27.7 Å². The van der Waals surface area contributed by atoms with Crippen LogP contribution in [0, 0.1) is 0 Å². The van der Waals surface area contributed by atoms with E-state index in [9.17, 15) is 0 Å². The second-order valence-corrected chi connectivity index (χ2v) is 9.92. The summed E-state index contributed by atoms with van der Waals surface area (Å²) in [6.07, 6.45) is 0. The maximum Gasteiger partial charge on any atom is 0.172 e. The number of nitrogens with zero attached hydrogens (tertiary/aromatic N) is 8. The Hall–Kier alpha value is -3.50. The highest BCUT2D eigenvalue weighted by molar-refractivity contribution is 6.22. The van der Waals surface area contributed by atoms with Crippen LogP contribution in [0.15, 0.2) is 12.1 Å². The fourth-order valence-electron chi connectivity index (χ4n) is 4.52. The van der Waals surface area contributed by atoms with E-state index in [1.165, 1.54) is 0 Å². The Labute approximate surface area is 213 Å². The topological polar surface area (TPSA) is 88.6 Å². The summed E-state index contributed by atoms with van der Waals surface area (Å²) in [6, 6.07) is 4.37. The lowest BCUT2D eigenvalue weighted by atomic mass is 10.0. The van der Waals surface area contributed by atoms with Gasteiger partial charge >= 0.3 is 0 Å². The van der Waals surface area contributed by atoms with Crippen molar-refractivity contribution < 1.29 is 0 Å². The Kier molecular flexibility index (Phi) is 7.01. The van der Waals surface area contributed by atoms with Crippen LogP contribution in [0.25, 0.3) is 32.8 Å². The standard InChI is InChI=1S/C26H38N10/c1-27-13-15-11-16-20(29-18(15)14-28-2)22-17(12-19(33(3)4)24(30-22)34(5)6)23-21(16)31-25(35(7)8)26(32-23)36(9)10/h11-12,27-28H,13-14H2,1-10H3. The third-order valence-corrected chi connectivity index (χ3v) is 6.23. The van der Waals surface area contributed by atoms with Crippen LogP contribution in [0.5, 0.6) is 0 Å². The highest BCUT2D eigenvalue weighted by Gasteiger charge is 2.22. The van der Waals surface area contributed by atoms with Gasteiger partial charge in [-0.1, -0.05) is 0 Å². The summed E-state index contributed by atoms with van der Waals surface area (Å²) in [5.74, 6) is 2.51. The number of nitrogens with one attached hydrogen (secondary N) is 2. The second kappa shape index (κ2) is 9.87. The monoisotopic (exact) mass is 490 g/mol. The summed E-state index contributed by atoms with van der Waals surface area (Å²) in [5.41, 5.74) is 6.46. The molecule has 0 aliphatic rings. The van der Waals surface area contributed by atoms with Gasteiger partial charge in [0.2, 0.25) is 0 Å². The molecule has 4 rings (SSSR count). The van der Waals surface area contributed by atoms with Crippen LogP contribution in [-0.4, -0.2) is 90.4 Å². The molecule has 0 radical (unpaired) electrons. The van der Waals surface area contributed by atoms with Gasteiger partial charge in [-0.3, -0.25) is 0 Å². The molecule has 3 aromatic heterocycles. The van der Waals surface area contributed by atoms with Crippen molar-refractivity contribution in [2.24, 2.45) is 0 Å². The number of hydrogen-bond donors (Lipinski definition) is 2. The van der Waals surface area contributed by atoms with Gasteiger partial charge in [0.05, 0.1) is 16.9 Å². The normalized spacial score (nSPS) is 11.5. The molecule has 36 heavy (non-hydrogen) atoms. The average molecular weight is 491 g/mol. The molecule has 4 aromatic rings. The lowest BCUT2D eigenvalue weighted by Crippen LogP contribution is -2.20. The van der Waals surface area contributed by atoms with Gasteiger partial charge in [0, 0.05) is 80.2 Å². The highest BCUT2D eigenvalue weighted by atomic mass is 15.2. The number of benzene rings is 1. The Morgan fingerprint density at radius 2 is 1.00 bits per heavy atom. The molecule has 0 amide bonds. The molecule has 0 saturated carbocycles. The molecule has 3 heterocycles. The first kappa shape index (κ1) is 25.6. The third-order valence-electron chi connectivity index (χ3n) is 6.23. The SMILES string of the molecule is CNCc1cc2c(nc1CNC)c1nc(N(C)C)c(N(C)C)cc1c1nc(N(C)C)c(N(C)C)nc21. The van der Waals surface area contributed by atoms with Crippen molar-refractivity contribution in [1.82, 2.24) is 30.6 Å². The summed E-state index contributed by atoms with van der Waals surface area (Å²) in [6.45, 7) is 1.37. The van der Waals surface area contributed by atoms with Crippen LogP contribution < -0.4 is 30.2 Å². The number of aromatic nitrogens is 4. The van der Waals surface area contributed by atoms with E-state index in [0.717, 1.165) is 67.2 Å². The Balaban J connectivity index is 2.30. The minimum absolute atomic E-state index is 0.664. The summed E-state index contributed by atoms with van der Waals surface area (Å²) in [7, 11) is 20.0. The van der Waals surface area contributed by atoms with Crippen molar-refractivity contribution >= 4 is 56.0 Å². The van der Waals surface area contributed by atoms with Crippen molar-refractivity contribution in [3.05, 3.63) is 23.4 Å². The first-order valence-corrected chi connectivity index (χ1v) is 12.1. The highest BCUT2D eigenvalue weighted by Crippen LogP contribution is 2.39. The summed E-state index contributed by atoms with van der Waals surface area (Å²) in [4.78, 5) is 28.9. The van der Waals surface area contributed by atoms with Crippen LogP contribution in [0.4, 0.5) is 23.1 Å². The number of hydrogen-bond acceptors (Lipinski definition) is 10. The molecule has 0 atom stereocenters. The summed E-state index contributed by atoms with van der Waals surface area (Å²) < 4.78 is 0. The number of anilines is 4. The average Bonchev–Trinajstić information content (AvgIpc) is 2.83. The largest absolute Gasteiger partial charge is 0.375 e. The van der Waals surface area contributed by atoms with Crippen molar-refractivity contribution in [3.63, 3.8) is 0 Å². The van der Waals surface area contributed by atoms with E-state index in [1.54, 1.807) is 0 Å². The molecule has 0 spiro atoms. The van der Waals surface area contributed by atoms with Crippen LogP contribution in [-0.2, 0) is 13.1 Å². The summed E-state index contributed by atoms with van der Waals surface area (Å²) in [5, 5.41) is 8.45. The zero-order valence-corrected chi connectivity index (χ0v) is 23.1. The van der Waals surface area contributed by atoms with Crippen molar-refractivity contribution in [3.8, 4) is 0 Å². The van der Waals surface area contributed by atoms with Gasteiger partial charge in [0.25, 0.3) is 0 Å². The molecule has 10 nitrogen and oxygen atoms in total. The van der Waals surface area contributed by atoms with Gasteiger partial charge < -0.3 is 30.2 Å². The Morgan fingerprint density at radius 1 is 0.556 bits per heavy atom. The van der Waals surface area contributed by atoms with Crippen molar-refractivity contribution in [2.45, 2.75) is 13.1 Å². The molecule has 10 heteroatoms. The molecule has 0 bridgehead atoms. The minimum Gasteiger partial charge on any atom is -0.375 e. The van der Waals surface area contributed by atoms with E-state index < -0.39 is 0 Å². The van der Waals surface area contributed by atoms with Gasteiger partial charge in [-0.15, -0.1) is 0 Å². The molecule has 0 saturated heterocycles. The maximum absolute atomic E-state index is 5.18. The first-order chi connectivity index (χ1) is 17.1. The molecule has 0 unspecified atom stereocenters. The second-order valence-electron chi connectivity index (χ2n) is 9.92. The van der Waals surface area contributed by atoms with Crippen LogP contribution in [0.2, 0.25) is 0 Å². The number of rotatable bonds is 8. The minimum atomic E-state index is 0.664. The molecule has 0 fully saturated rings. The predicted octanol–water partition coefficient (Wildman–Crippen LogP) is 2.43. The first-order valence-electron chi connectivity index (χ1n) is 12.1. The van der Waals surface area contributed by atoms with E-state index in [4.69, 9.17) is 19.9 Å². The zero-order valence-electron chi connectivity index (χ0n) is 23.1. The molecule has 0 aliphatic heterocycles. The predicted molar refractivity (Wildman–Crippen MR) is 153 cm³/mol. The fraction of sp³-hybridized carbons (Fsp3) is 0.462. The van der Waals surface area contributed by atoms with Crippen molar-refractivity contribution in [2.75, 3.05) is 90.1 Å². The van der Waals surface area contributed by atoms with Crippen LogP contribution in [0.1, 0.15) is 11.3 Å². The quantitative estimate of drug-likeness (QED) is 0.359. The Morgan fingerprint density at radius 3 is 1.44 bits per heavy atom. The molecule has 2 N–H and O–H groups in total. The molecule has 192 valence electrons. The van der Waals surface area contributed by atoms with E-state index in [0.29, 0.717) is 13.1 Å². The lowest BCUT2D eigenvalue weighted by Gasteiger charge is -2.24. The zero-order chi connectivity index (χ0) is 26.3. The van der Waals surface area contributed by atoms with Gasteiger partial charge in [-0.05, 0) is 31.8 Å². The molecular weight excluding hydrogens is 452 g/mol. The smallest absolute Gasteiger partial charge is 0.172 e. The fourth-order valence-corrected chi connectivity index (χ4v) is 4.52. The van der Waals surface area contributed by atoms with Gasteiger partial charge in [0.1, 0.15) is 16.6 Å². The van der Waals surface area contributed by atoms with E-state index in [-0.39, 0.29) is 0 Å². The van der Waals surface area contributed by atoms with Gasteiger partial charge in [-0.25, -0.2) is 19.9 Å². The molecular formula is C26H38N10. The van der Waals surface area contributed by atoms with Crippen LogP contribution >= 0.6 is 0 Å². The van der Waals surface area contributed by atoms with Crippen molar-refractivity contribution in [1.29, 1.82) is 0 Å². The summed E-state index contributed by atoms with van der Waals surface area (Å²) >= 11 is 0. The van der Waals surface area contributed by atoms with E-state index in [1.807, 2.05) is 85.2 Å². The van der Waals surface area contributed by atoms with Crippen LogP contribution in [0.3, 0.4) is 0 Å².